The first-order chi connectivity index (χ1) is 4.70. The molecule has 2 rings (SSSR count). The fraction of sp³-hybridized carbons (Fsp3) is 1.00. The number of aliphatic hydroxyl groups is 3. The predicted molar refractivity (Wildman–Crippen MR) is 31.3 cm³/mol. The standard InChI is InChI=1S/C6H10O4/c7-2-1-3-6(10-3)5(9)4(2)8/h2-9H,1H2/t2-,3-,4-,5-,6-/m1/s1. The first kappa shape index (κ1) is 6.54. The molecule has 0 unspecified atom stereocenters. The molecule has 2 aliphatic rings. The molecule has 5 atom stereocenters. The Morgan fingerprint density at radius 1 is 1.10 bits per heavy atom. The number of rotatable bonds is 0. The van der Waals surface area contributed by atoms with Gasteiger partial charge in [0.15, 0.2) is 0 Å². The van der Waals surface area contributed by atoms with Crippen LogP contribution in [-0.4, -0.2) is 45.8 Å². The van der Waals surface area contributed by atoms with Gasteiger partial charge in [-0.25, -0.2) is 0 Å². The second-order valence-electron chi connectivity index (χ2n) is 2.92. The van der Waals surface area contributed by atoms with Crippen molar-refractivity contribution >= 4 is 0 Å². The molecule has 0 aromatic carbocycles. The van der Waals surface area contributed by atoms with E-state index < -0.39 is 18.3 Å². The molecule has 58 valence electrons. The van der Waals surface area contributed by atoms with Crippen LogP contribution in [-0.2, 0) is 4.74 Å². The Morgan fingerprint density at radius 2 is 1.80 bits per heavy atom. The van der Waals surface area contributed by atoms with Crippen LogP contribution in [0.2, 0.25) is 0 Å². The third kappa shape index (κ3) is 0.769. The molecule has 3 N–H and O–H groups in total. The van der Waals surface area contributed by atoms with Gasteiger partial charge in [-0.05, 0) is 0 Å². The van der Waals surface area contributed by atoms with Gasteiger partial charge in [-0.3, -0.25) is 0 Å². The van der Waals surface area contributed by atoms with E-state index in [1.54, 1.807) is 0 Å². The molecule has 10 heavy (non-hydrogen) atoms. The first-order valence-corrected chi connectivity index (χ1v) is 3.40. The molecule has 1 aliphatic carbocycles. The van der Waals surface area contributed by atoms with E-state index in [0.29, 0.717) is 6.42 Å². The molecular formula is C6H10O4. The number of ether oxygens (including phenoxy) is 1. The van der Waals surface area contributed by atoms with Gasteiger partial charge in [-0.1, -0.05) is 0 Å². The van der Waals surface area contributed by atoms with Crippen LogP contribution in [0.3, 0.4) is 0 Å². The summed E-state index contributed by atoms with van der Waals surface area (Å²) >= 11 is 0. The molecule has 1 heterocycles. The Hall–Kier alpha value is -0.160. The summed E-state index contributed by atoms with van der Waals surface area (Å²) in [5.74, 6) is 0. The molecular weight excluding hydrogens is 136 g/mol. The fourth-order valence-corrected chi connectivity index (χ4v) is 1.45. The molecule has 1 aliphatic heterocycles. The SMILES string of the molecule is O[C@@H]1[C@H](O)[C@H](O)C[C@H]2O[C@@H]12. The van der Waals surface area contributed by atoms with Gasteiger partial charge < -0.3 is 20.1 Å². The summed E-state index contributed by atoms with van der Waals surface area (Å²) in [6.45, 7) is 0. The molecule has 2 fully saturated rings. The maximum absolute atomic E-state index is 9.12. The van der Waals surface area contributed by atoms with Crippen LogP contribution in [0.4, 0.5) is 0 Å². The number of epoxide rings is 1. The quantitative estimate of drug-likeness (QED) is 0.354. The molecule has 4 heteroatoms. The van der Waals surface area contributed by atoms with Crippen molar-refractivity contribution in [2.75, 3.05) is 0 Å². The molecule has 0 radical (unpaired) electrons. The maximum atomic E-state index is 9.12. The fourth-order valence-electron chi connectivity index (χ4n) is 1.45. The zero-order valence-electron chi connectivity index (χ0n) is 5.34. The Bertz CT molecular complexity index is 147. The van der Waals surface area contributed by atoms with Crippen LogP contribution in [0.5, 0.6) is 0 Å². The molecule has 0 aromatic rings. The summed E-state index contributed by atoms with van der Waals surface area (Å²) in [4.78, 5) is 0. The van der Waals surface area contributed by atoms with Crippen molar-refractivity contribution in [3.8, 4) is 0 Å². The van der Waals surface area contributed by atoms with Crippen molar-refractivity contribution in [2.24, 2.45) is 0 Å². The third-order valence-electron chi connectivity index (χ3n) is 2.18. The van der Waals surface area contributed by atoms with Crippen molar-refractivity contribution in [3.63, 3.8) is 0 Å². The normalized spacial score (nSPS) is 59.7. The number of hydrogen-bond donors (Lipinski definition) is 3. The van der Waals surface area contributed by atoms with Gasteiger partial charge in [0.25, 0.3) is 0 Å². The van der Waals surface area contributed by atoms with E-state index in [1.807, 2.05) is 0 Å². The molecule has 0 amide bonds. The Labute approximate surface area is 58.0 Å². The highest BCUT2D eigenvalue weighted by Crippen LogP contribution is 2.36. The first-order valence-electron chi connectivity index (χ1n) is 3.40. The predicted octanol–water partition coefficient (Wildman–Crippen LogP) is -1.76. The van der Waals surface area contributed by atoms with E-state index >= 15 is 0 Å². The molecule has 0 spiro atoms. The molecule has 1 saturated carbocycles. The Morgan fingerprint density at radius 3 is 2.50 bits per heavy atom. The average Bonchev–Trinajstić information content (AvgIpc) is 2.62. The van der Waals surface area contributed by atoms with E-state index in [-0.39, 0.29) is 12.2 Å². The van der Waals surface area contributed by atoms with E-state index in [9.17, 15) is 0 Å². The van der Waals surface area contributed by atoms with Gasteiger partial charge in [0.2, 0.25) is 0 Å². The van der Waals surface area contributed by atoms with Gasteiger partial charge in [0.05, 0.1) is 12.2 Å². The van der Waals surface area contributed by atoms with E-state index in [4.69, 9.17) is 20.1 Å². The van der Waals surface area contributed by atoms with Crippen molar-refractivity contribution in [3.05, 3.63) is 0 Å². The van der Waals surface area contributed by atoms with Gasteiger partial charge in [-0.15, -0.1) is 0 Å². The van der Waals surface area contributed by atoms with Gasteiger partial charge >= 0.3 is 0 Å². The van der Waals surface area contributed by atoms with Gasteiger partial charge in [0, 0.05) is 6.42 Å². The van der Waals surface area contributed by atoms with Crippen LogP contribution >= 0.6 is 0 Å². The number of hydrogen-bond acceptors (Lipinski definition) is 4. The van der Waals surface area contributed by atoms with Crippen LogP contribution in [0, 0.1) is 0 Å². The summed E-state index contributed by atoms with van der Waals surface area (Å²) < 4.78 is 4.96. The highest BCUT2D eigenvalue weighted by Gasteiger charge is 2.54. The van der Waals surface area contributed by atoms with E-state index in [2.05, 4.69) is 0 Å². The second-order valence-corrected chi connectivity index (χ2v) is 2.92. The number of fused-ring (bicyclic) bond motifs is 1. The molecule has 1 saturated heterocycles. The highest BCUT2D eigenvalue weighted by molar-refractivity contribution is 5.02. The summed E-state index contributed by atoms with van der Waals surface area (Å²) in [5.41, 5.74) is 0. The zero-order chi connectivity index (χ0) is 7.30. The lowest BCUT2D eigenvalue weighted by Crippen LogP contribution is -2.45. The average molecular weight is 146 g/mol. The summed E-state index contributed by atoms with van der Waals surface area (Å²) in [6, 6.07) is 0. The van der Waals surface area contributed by atoms with E-state index in [0.717, 1.165) is 0 Å². The molecule has 4 nitrogen and oxygen atoms in total. The minimum atomic E-state index is -1.02. The lowest BCUT2D eigenvalue weighted by molar-refractivity contribution is -0.0759. The lowest BCUT2D eigenvalue weighted by Gasteiger charge is -2.24. The van der Waals surface area contributed by atoms with Crippen LogP contribution in [0.25, 0.3) is 0 Å². The third-order valence-corrected chi connectivity index (χ3v) is 2.18. The van der Waals surface area contributed by atoms with Gasteiger partial charge in [0.1, 0.15) is 18.3 Å². The monoisotopic (exact) mass is 146 g/mol. The summed E-state index contributed by atoms with van der Waals surface area (Å²) in [7, 11) is 0. The van der Waals surface area contributed by atoms with Crippen LogP contribution in [0.1, 0.15) is 6.42 Å². The summed E-state index contributed by atoms with van der Waals surface area (Å²) in [6.07, 6.45) is -2.54. The highest BCUT2D eigenvalue weighted by atomic mass is 16.6. The maximum Gasteiger partial charge on any atom is 0.113 e. The second kappa shape index (κ2) is 1.92. The zero-order valence-corrected chi connectivity index (χ0v) is 5.34. The van der Waals surface area contributed by atoms with Crippen molar-refractivity contribution in [1.82, 2.24) is 0 Å². The van der Waals surface area contributed by atoms with Crippen molar-refractivity contribution < 1.29 is 20.1 Å². The van der Waals surface area contributed by atoms with Crippen LogP contribution < -0.4 is 0 Å². The largest absolute Gasteiger partial charge is 0.390 e. The topological polar surface area (TPSA) is 73.2 Å². The number of aliphatic hydroxyl groups excluding tert-OH is 3. The van der Waals surface area contributed by atoms with Crippen molar-refractivity contribution in [1.29, 1.82) is 0 Å². The minimum Gasteiger partial charge on any atom is -0.390 e. The summed E-state index contributed by atoms with van der Waals surface area (Å²) in [5, 5.41) is 27.2. The van der Waals surface area contributed by atoms with Gasteiger partial charge in [-0.2, -0.15) is 0 Å². The Kier molecular flexibility index (Phi) is 1.25. The van der Waals surface area contributed by atoms with Crippen LogP contribution in [0.15, 0.2) is 0 Å². The molecule has 0 bridgehead atoms. The smallest absolute Gasteiger partial charge is 0.113 e. The minimum absolute atomic E-state index is 0.0200. The van der Waals surface area contributed by atoms with E-state index in [1.165, 1.54) is 0 Å². The van der Waals surface area contributed by atoms with Crippen molar-refractivity contribution in [2.45, 2.75) is 36.9 Å². The Balaban J connectivity index is 2.07. The molecule has 0 aromatic heterocycles. The lowest BCUT2D eigenvalue weighted by atomic mass is 9.92.